The molecule has 4 fully saturated rings. The van der Waals surface area contributed by atoms with Gasteiger partial charge in [0, 0.05) is 6.54 Å². The molecule has 8 atom stereocenters. The minimum absolute atomic E-state index is 0.0497. The highest BCUT2D eigenvalue weighted by Crippen LogP contribution is 2.67. The molecule has 0 aromatic carbocycles. The lowest BCUT2D eigenvalue weighted by atomic mass is 9.65. The predicted molar refractivity (Wildman–Crippen MR) is 105 cm³/mol. The number of fused-ring (bicyclic) bond motifs is 5. The Bertz CT molecular complexity index is 570. The van der Waals surface area contributed by atoms with Gasteiger partial charge in [-0.15, -0.1) is 0 Å². The van der Waals surface area contributed by atoms with Crippen molar-refractivity contribution in [3.63, 3.8) is 0 Å². The van der Waals surface area contributed by atoms with Crippen LogP contribution in [0.25, 0.3) is 0 Å². The molecule has 4 aliphatic rings. The predicted octanol–water partition coefficient (Wildman–Crippen LogP) is 4.34. The lowest BCUT2D eigenvalue weighted by Crippen LogP contribution is -2.47. The summed E-state index contributed by atoms with van der Waals surface area (Å²) in [6.07, 6.45) is 10.8. The SMILES string of the molecule is CCC1CC(CC)C2C3CC(C(C(=O)O)C3C(=O)NCC3CCCCC3)C12. The maximum Gasteiger partial charge on any atom is 0.307 e. The molecule has 152 valence electrons. The van der Waals surface area contributed by atoms with E-state index in [2.05, 4.69) is 19.2 Å². The van der Waals surface area contributed by atoms with Crippen LogP contribution in [0.5, 0.6) is 0 Å². The van der Waals surface area contributed by atoms with Crippen LogP contribution < -0.4 is 5.32 Å². The molecule has 0 aromatic heterocycles. The molecule has 4 nitrogen and oxygen atoms in total. The Morgan fingerprint density at radius 2 is 1.48 bits per heavy atom. The van der Waals surface area contributed by atoms with Crippen LogP contribution in [0.1, 0.15) is 71.6 Å². The summed E-state index contributed by atoms with van der Waals surface area (Å²) in [5.74, 6) is 2.20. The summed E-state index contributed by atoms with van der Waals surface area (Å²) in [5, 5.41) is 13.2. The molecule has 0 heterocycles. The number of amides is 1. The van der Waals surface area contributed by atoms with Crippen molar-refractivity contribution in [2.24, 2.45) is 53.3 Å². The Hall–Kier alpha value is -1.06. The van der Waals surface area contributed by atoms with Gasteiger partial charge in [-0.1, -0.05) is 46.0 Å². The number of carboxylic acids is 1. The second-order valence-electron chi connectivity index (χ2n) is 9.93. The molecule has 4 saturated carbocycles. The summed E-state index contributed by atoms with van der Waals surface area (Å²) in [5.41, 5.74) is 0. The summed E-state index contributed by atoms with van der Waals surface area (Å²) >= 11 is 0. The first-order valence-corrected chi connectivity index (χ1v) is 11.6. The van der Waals surface area contributed by atoms with Crippen molar-refractivity contribution in [2.45, 2.75) is 71.6 Å². The van der Waals surface area contributed by atoms with E-state index in [1.54, 1.807) is 0 Å². The van der Waals surface area contributed by atoms with E-state index in [1.807, 2.05) is 0 Å². The third kappa shape index (κ3) is 3.21. The Balaban J connectivity index is 1.50. The third-order valence-electron chi connectivity index (χ3n) is 8.91. The van der Waals surface area contributed by atoms with Gasteiger partial charge in [0.25, 0.3) is 0 Å². The summed E-state index contributed by atoms with van der Waals surface area (Å²) in [4.78, 5) is 25.3. The number of carbonyl (C=O) groups excluding carboxylic acids is 1. The van der Waals surface area contributed by atoms with Gasteiger partial charge in [-0.3, -0.25) is 9.59 Å². The number of aliphatic carboxylic acids is 1. The van der Waals surface area contributed by atoms with Gasteiger partial charge >= 0.3 is 5.97 Å². The highest BCUT2D eigenvalue weighted by molar-refractivity contribution is 5.86. The van der Waals surface area contributed by atoms with Gasteiger partial charge < -0.3 is 10.4 Å². The molecule has 4 rings (SSSR count). The highest BCUT2D eigenvalue weighted by atomic mass is 16.4. The first kappa shape index (κ1) is 19.3. The van der Waals surface area contributed by atoms with Crippen molar-refractivity contribution in [3.05, 3.63) is 0 Å². The van der Waals surface area contributed by atoms with Gasteiger partial charge in [0.2, 0.25) is 5.91 Å². The monoisotopic (exact) mass is 375 g/mol. The van der Waals surface area contributed by atoms with E-state index in [4.69, 9.17) is 0 Å². The van der Waals surface area contributed by atoms with Crippen molar-refractivity contribution in [3.8, 4) is 0 Å². The number of hydrogen-bond donors (Lipinski definition) is 2. The van der Waals surface area contributed by atoms with Crippen LogP contribution in [-0.4, -0.2) is 23.5 Å². The zero-order valence-electron chi connectivity index (χ0n) is 17.0. The van der Waals surface area contributed by atoms with E-state index in [1.165, 1.54) is 44.9 Å². The number of carbonyl (C=O) groups is 2. The van der Waals surface area contributed by atoms with Crippen molar-refractivity contribution >= 4 is 11.9 Å². The minimum Gasteiger partial charge on any atom is -0.481 e. The molecule has 27 heavy (non-hydrogen) atoms. The van der Waals surface area contributed by atoms with Crippen LogP contribution in [0.2, 0.25) is 0 Å². The van der Waals surface area contributed by atoms with E-state index in [0.717, 1.165) is 19.4 Å². The van der Waals surface area contributed by atoms with E-state index in [0.29, 0.717) is 35.5 Å². The second-order valence-corrected chi connectivity index (χ2v) is 9.93. The number of nitrogens with one attached hydrogen (secondary N) is 1. The van der Waals surface area contributed by atoms with Gasteiger partial charge in [0.15, 0.2) is 0 Å². The molecule has 0 aromatic rings. The van der Waals surface area contributed by atoms with E-state index in [-0.39, 0.29) is 17.7 Å². The largest absolute Gasteiger partial charge is 0.481 e. The molecule has 8 unspecified atom stereocenters. The third-order valence-corrected chi connectivity index (χ3v) is 8.91. The van der Waals surface area contributed by atoms with Crippen LogP contribution in [0.15, 0.2) is 0 Å². The molecule has 2 bridgehead atoms. The van der Waals surface area contributed by atoms with Crippen molar-refractivity contribution in [1.29, 1.82) is 0 Å². The lowest BCUT2D eigenvalue weighted by Gasteiger charge is -2.39. The van der Waals surface area contributed by atoms with Crippen LogP contribution in [0.4, 0.5) is 0 Å². The molecule has 4 heteroatoms. The zero-order chi connectivity index (χ0) is 19.1. The van der Waals surface area contributed by atoms with Crippen molar-refractivity contribution in [1.82, 2.24) is 5.32 Å². The van der Waals surface area contributed by atoms with E-state index < -0.39 is 11.9 Å². The van der Waals surface area contributed by atoms with Crippen LogP contribution in [0, 0.1) is 53.3 Å². The number of hydrogen-bond acceptors (Lipinski definition) is 2. The van der Waals surface area contributed by atoms with Gasteiger partial charge in [0.1, 0.15) is 0 Å². The molecule has 4 aliphatic carbocycles. The maximum atomic E-state index is 13.2. The average molecular weight is 376 g/mol. The molecule has 0 aliphatic heterocycles. The van der Waals surface area contributed by atoms with Gasteiger partial charge in [-0.2, -0.15) is 0 Å². The van der Waals surface area contributed by atoms with Crippen LogP contribution in [0.3, 0.4) is 0 Å². The maximum absolute atomic E-state index is 13.2. The fourth-order valence-electron chi connectivity index (χ4n) is 7.86. The van der Waals surface area contributed by atoms with Crippen LogP contribution in [-0.2, 0) is 9.59 Å². The van der Waals surface area contributed by atoms with Gasteiger partial charge in [-0.25, -0.2) is 0 Å². The molecule has 0 spiro atoms. The van der Waals surface area contributed by atoms with E-state index in [9.17, 15) is 14.7 Å². The number of rotatable bonds is 6. The average Bonchev–Trinajstić information content (AvgIpc) is 3.35. The molecular formula is C23H37NO3. The zero-order valence-corrected chi connectivity index (χ0v) is 17.0. The molecule has 0 saturated heterocycles. The topological polar surface area (TPSA) is 66.4 Å². The van der Waals surface area contributed by atoms with Gasteiger partial charge in [0.05, 0.1) is 11.8 Å². The Kier molecular flexibility index (Phi) is 5.53. The molecule has 1 amide bonds. The number of carboxylic acid groups (broad SMARTS) is 1. The smallest absolute Gasteiger partial charge is 0.307 e. The quantitative estimate of drug-likeness (QED) is 0.726. The molecular weight excluding hydrogens is 338 g/mol. The second kappa shape index (κ2) is 7.75. The first-order chi connectivity index (χ1) is 13.1. The Morgan fingerprint density at radius 3 is 2.04 bits per heavy atom. The standard InChI is InChI=1S/C23H37NO3/c1-3-14-10-15(4-2)19-17-11-16(18(14)19)20(21(17)23(26)27)22(25)24-12-13-8-6-5-7-9-13/h13-21H,3-12H2,1-2H3,(H,24,25)(H,26,27). The summed E-state index contributed by atoms with van der Waals surface area (Å²) in [7, 11) is 0. The Labute approximate surface area is 163 Å². The summed E-state index contributed by atoms with van der Waals surface area (Å²) in [6, 6.07) is 0. The fourth-order valence-corrected chi connectivity index (χ4v) is 7.86. The van der Waals surface area contributed by atoms with Gasteiger partial charge in [-0.05, 0) is 67.1 Å². The lowest BCUT2D eigenvalue weighted by molar-refractivity contribution is -0.152. The van der Waals surface area contributed by atoms with Crippen LogP contribution >= 0.6 is 0 Å². The minimum atomic E-state index is -0.728. The summed E-state index contributed by atoms with van der Waals surface area (Å²) < 4.78 is 0. The summed E-state index contributed by atoms with van der Waals surface area (Å²) in [6.45, 7) is 5.29. The first-order valence-electron chi connectivity index (χ1n) is 11.6. The van der Waals surface area contributed by atoms with Crippen molar-refractivity contribution in [2.75, 3.05) is 6.54 Å². The normalized spacial score (nSPS) is 43.6. The Morgan fingerprint density at radius 1 is 0.889 bits per heavy atom. The molecule has 2 N–H and O–H groups in total. The highest BCUT2D eigenvalue weighted by Gasteiger charge is 2.66. The van der Waals surface area contributed by atoms with E-state index >= 15 is 0 Å². The fraction of sp³-hybridized carbons (Fsp3) is 0.913. The van der Waals surface area contributed by atoms with Crippen molar-refractivity contribution < 1.29 is 14.7 Å². The molecule has 0 radical (unpaired) electrons.